The molecule has 0 aliphatic heterocycles. The van der Waals surface area contributed by atoms with Gasteiger partial charge in [-0.3, -0.25) is 4.18 Å². The van der Waals surface area contributed by atoms with E-state index in [4.69, 9.17) is 4.18 Å². The van der Waals surface area contributed by atoms with E-state index in [0.29, 0.717) is 6.61 Å². The Kier molecular flexibility index (Phi) is 7.19. The van der Waals surface area contributed by atoms with Gasteiger partial charge >= 0.3 is 0 Å². The molecule has 1 saturated carbocycles. The van der Waals surface area contributed by atoms with E-state index >= 15 is 0 Å². The second-order valence-corrected chi connectivity index (χ2v) is 7.09. The molecule has 5 heteroatoms. The van der Waals surface area contributed by atoms with Crippen LogP contribution in [-0.4, -0.2) is 34.9 Å². The molecule has 18 heavy (non-hydrogen) atoms. The summed E-state index contributed by atoms with van der Waals surface area (Å²) in [5, 5.41) is 3.21. The highest BCUT2D eigenvalue weighted by atomic mass is 32.2. The molecule has 1 aliphatic rings. The van der Waals surface area contributed by atoms with Gasteiger partial charge in [-0.25, -0.2) is 0 Å². The Morgan fingerprint density at radius 1 is 1.11 bits per heavy atom. The first-order valence-electron chi connectivity index (χ1n) is 7.00. The van der Waals surface area contributed by atoms with Crippen molar-refractivity contribution < 1.29 is 12.6 Å². The topological polar surface area (TPSA) is 55.4 Å². The average molecular weight is 277 g/mol. The summed E-state index contributed by atoms with van der Waals surface area (Å²) < 4.78 is 26.4. The summed E-state index contributed by atoms with van der Waals surface area (Å²) in [7, 11) is -1.25. The lowest BCUT2D eigenvalue weighted by molar-refractivity contribution is 0.232. The Bertz CT molecular complexity index is 308. The van der Waals surface area contributed by atoms with Crippen LogP contribution in [0.4, 0.5) is 0 Å². The summed E-state index contributed by atoms with van der Waals surface area (Å²) in [6.07, 6.45) is 9.63. The van der Waals surface area contributed by atoms with Crippen LogP contribution in [0.2, 0.25) is 0 Å². The van der Waals surface area contributed by atoms with E-state index in [1.165, 1.54) is 32.1 Å². The summed E-state index contributed by atoms with van der Waals surface area (Å²) in [5.74, 6) is 1.67. The molecule has 0 spiro atoms. The first-order valence-corrected chi connectivity index (χ1v) is 8.82. The molecule has 0 saturated heterocycles. The Morgan fingerprint density at radius 2 is 1.67 bits per heavy atom. The molecule has 1 rings (SSSR count). The molecule has 1 N–H and O–H groups in total. The van der Waals surface area contributed by atoms with E-state index in [2.05, 4.69) is 5.32 Å². The zero-order valence-corrected chi connectivity index (χ0v) is 12.5. The van der Waals surface area contributed by atoms with Gasteiger partial charge in [0.05, 0.1) is 12.9 Å². The molecule has 4 nitrogen and oxygen atoms in total. The van der Waals surface area contributed by atoms with E-state index in [9.17, 15) is 8.42 Å². The van der Waals surface area contributed by atoms with Crippen molar-refractivity contribution in [3.8, 4) is 0 Å². The molecule has 0 amide bonds. The highest BCUT2D eigenvalue weighted by Crippen LogP contribution is 2.32. The van der Waals surface area contributed by atoms with E-state index in [1.807, 2.05) is 7.05 Å². The fourth-order valence-electron chi connectivity index (χ4n) is 2.74. The first kappa shape index (κ1) is 15.9. The third kappa shape index (κ3) is 7.34. The molecular weight excluding hydrogens is 250 g/mol. The lowest BCUT2D eigenvalue weighted by atomic mass is 9.79. The monoisotopic (exact) mass is 277 g/mol. The molecular formula is C13H27NO3S. The van der Waals surface area contributed by atoms with Crippen LogP contribution in [0, 0.1) is 11.8 Å². The van der Waals surface area contributed by atoms with Crippen LogP contribution in [-0.2, 0) is 14.3 Å². The molecule has 0 heterocycles. The van der Waals surface area contributed by atoms with Crippen molar-refractivity contribution >= 4 is 10.1 Å². The van der Waals surface area contributed by atoms with Crippen LogP contribution in [0.25, 0.3) is 0 Å². The summed E-state index contributed by atoms with van der Waals surface area (Å²) in [6.45, 7) is 1.47. The third-order valence-corrected chi connectivity index (χ3v) is 4.42. The van der Waals surface area contributed by atoms with Crippen LogP contribution in [0.1, 0.15) is 44.9 Å². The van der Waals surface area contributed by atoms with Gasteiger partial charge in [-0.15, -0.1) is 0 Å². The maximum Gasteiger partial charge on any atom is 0.264 e. The van der Waals surface area contributed by atoms with Crippen molar-refractivity contribution in [1.82, 2.24) is 5.32 Å². The number of rotatable bonds is 8. The second-order valence-electron chi connectivity index (χ2n) is 5.45. The normalized spacial score (nSPS) is 25.2. The van der Waals surface area contributed by atoms with Crippen LogP contribution in [0.5, 0.6) is 0 Å². The minimum atomic E-state index is -3.25. The van der Waals surface area contributed by atoms with Crippen molar-refractivity contribution in [2.75, 3.05) is 26.5 Å². The Labute approximate surface area is 112 Å². The van der Waals surface area contributed by atoms with E-state index < -0.39 is 10.1 Å². The third-order valence-electron chi connectivity index (χ3n) is 3.82. The molecule has 1 fully saturated rings. The molecule has 0 aromatic heterocycles. The zero-order valence-electron chi connectivity index (χ0n) is 11.7. The quantitative estimate of drug-likeness (QED) is 0.545. The second kappa shape index (κ2) is 8.12. The van der Waals surface area contributed by atoms with Gasteiger partial charge in [0.1, 0.15) is 0 Å². The summed E-state index contributed by atoms with van der Waals surface area (Å²) >= 11 is 0. The SMILES string of the molecule is CNCCC1CCC(CCCOS(C)(=O)=O)CC1. The van der Waals surface area contributed by atoms with Crippen molar-refractivity contribution in [3.05, 3.63) is 0 Å². The van der Waals surface area contributed by atoms with E-state index in [0.717, 1.165) is 37.5 Å². The lowest BCUT2D eigenvalue weighted by Crippen LogP contribution is -2.19. The maximum absolute atomic E-state index is 10.8. The predicted octanol–water partition coefficient (Wildman–Crippen LogP) is 2.16. The smallest absolute Gasteiger partial charge is 0.264 e. The largest absolute Gasteiger partial charge is 0.320 e. The van der Waals surface area contributed by atoms with Crippen molar-refractivity contribution in [3.63, 3.8) is 0 Å². The molecule has 0 aromatic carbocycles. The van der Waals surface area contributed by atoms with Gasteiger partial charge in [-0.1, -0.05) is 25.7 Å². The van der Waals surface area contributed by atoms with Crippen molar-refractivity contribution in [2.24, 2.45) is 11.8 Å². The van der Waals surface area contributed by atoms with Crippen molar-refractivity contribution in [2.45, 2.75) is 44.9 Å². The fourth-order valence-corrected chi connectivity index (χ4v) is 3.16. The number of hydrogen-bond donors (Lipinski definition) is 1. The number of hydrogen-bond acceptors (Lipinski definition) is 4. The fraction of sp³-hybridized carbons (Fsp3) is 1.00. The summed E-state index contributed by atoms with van der Waals surface area (Å²) in [4.78, 5) is 0. The Balaban J connectivity index is 2.05. The van der Waals surface area contributed by atoms with Gasteiger partial charge in [0.2, 0.25) is 0 Å². The highest BCUT2D eigenvalue weighted by molar-refractivity contribution is 7.85. The molecule has 1 aliphatic carbocycles. The molecule has 108 valence electrons. The Hall–Kier alpha value is -0.130. The van der Waals surface area contributed by atoms with Gasteiger partial charge in [0.25, 0.3) is 10.1 Å². The van der Waals surface area contributed by atoms with Crippen LogP contribution in [0.3, 0.4) is 0 Å². The lowest BCUT2D eigenvalue weighted by Gasteiger charge is -2.28. The maximum atomic E-state index is 10.8. The molecule has 0 radical (unpaired) electrons. The van der Waals surface area contributed by atoms with Crippen LogP contribution >= 0.6 is 0 Å². The highest BCUT2D eigenvalue weighted by Gasteiger charge is 2.20. The first-order chi connectivity index (χ1) is 8.51. The van der Waals surface area contributed by atoms with Gasteiger partial charge in [0, 0.05) is 0 Å². The minimum absolute atomic E-state index is 0.346. The van der Waals surface area contributed by atoms with Crippen molar-refractivity contribution in [1.29, 1.82) is 0 Å². The summed E-state index contributed by atoms with van der Waals surface area (Å²) in [5.41, 5.74) is 0. The number of nitrogens with one attached hydrogen (secondary N) is 1. The van der Waals surface area contributed by atoms with Gasteiger partial charge in [0.15, 0.2) is 0 Å². The van der Waals surface area contributed by atoms with Gasteiger partial charge < -0.3 is 5.32 Å². The predicted molar refractivity (Wildman–Crippen MR) is 74.0 cm³/mol. The molecule has 0 atom stereocenters. The average Bonchev–Trinajstić information content (AvgIpc) is 2.32. The van der Waals surface area contributed by atoms with E-state index in [-0.39, 0.29) is 0 Å². The zero-order chi connectivity index (χ0) is 13.4. The standard InChI is InChI=1S/C13H27NO3S/c1-14-10-9-13-7-5-12(6-8-13)4-3-11-17-18(2,15)16/h12-14H,3-11H2,1-2H3. The van der Waals surface area contributed by atoms with E-state index in [1.54, 1.807) is 0 Å². The van der Waals surface area contributed by atoms with Gasteiger partial charge in [-0.2, -0.15) is 8.42 Å². The van der Waals surface area contributed by atoms with Crippen LogP contribution in [0.15, 0.2) is 0 Å². The van der Waals surface area contributed by atoms with Crippen LogP contribution < -0.4 is 5.32 Å². The molecule has 0 unspecified atom stereocenters. The summed E-state index contributed by atoms with van der Waals surface area (Å²) in [6, 6.07) is 0. The minimum Gasteiger partial charge on any atom is -0.320 e. The van der Waals surface area contributed by atoms with Gasteiger partial charge in [-0.05, 0) is 44.7 Å². The molecule has 0 aromatic rings. The molecule has 0 bridgehead atoms. The Morgan fingerprint density at radius 3 is 2.17 bits per heavy atom.